The zero-order valence-corrected chi connectivity index (χ0v) is 14.9. The lowest BCUT2D eigenvalue weighted by Gasteiger charge is -2.30. The van der Waals surface area contributed by atoms with E-state index in [1.807, 2.05) is 18.4 Å². The third-order valence-corrected chi connectivity index (χ3v) is 4.71. The maximum absolute atomic E-state index is 12.7. The number of rotatable bonds is 4. The van der Waals surface area contributed by atoms with Gasteiger partial charge >= 0.3 is 0 Å². The van der Waals surface area contributed by atoms with Gasteiger partial charge in [-0.15, -0.1) is 11.8 Å². The van der Waals surface area contributed by atoms with E-state index in [4.69, 9.17) is 16.3 Å². The predicted molar refractivity (Wildman–Crippen MR) is 98.5 cm³/mol. The highest BCUT2D eigenvalue weighted by atomic mass is 35.5. The molecule has 0 unspecified atom stereocenters. The van der Waals surface area contributed by atoms with Gasteiger partial charge in [-0.1, -0.05) is 11.6 Å². The molecule has 2 heterocycles. The molecule has 7 heteroatoms. The number of hydrogen-bond acceptors (Lipinski definition) is 5. The molecule has 24 heavy (non-hydrogen) atoms. The molecule has 0 spiro atoms. The molecule has 1 aliphatic rings. The van der Waals surface area contributed by atoms with E-state index in [1.54, 1.807) is 24.4 Å². The second-order valence-corrected chi connectivity index (χ2v) is 6.51. The average Bonchev–Trinajstić information content (AvgIpc) is 2.62. The van der Waals surface area contributed by atoms with Crippen LogP contribution >= 0.6 is 23.4 Å². The standard InChI is InChI=1S/C17H18ClN3O2S/c1-24-17-13(3-2-6-19-17)16(22)20-14-11-12(18)4-5-15(14)21-7-9-23-10-8-21/h2-6,11H,7-10H2,1H3,(H,20,22). The number of ether oxygens (including phenoxy) is 1. The number of aromatic nitrogens is 1. The molecule has 0 atom stereocenters. The van der Waals surface area contributed by atoms with Gasteiger partial charge in [0.05, 0.1) is 30.2 Å². The van der Waals surface area contributed by atoms with Crippen molar-refractivity contribution in [3.05, 3.63) is 47.1 Å². The minimum atomic E-state index is -0.191. The fraction of sp³-hybridized carbons (Fsp3) is 0.294. The molecule has 1 N–H and O–H groups in total. The topological polar surface area (TPSA) is 54.5 Å². The molecule has 1 saturated heterocycles. The normalized spacial score (nSPS) is 14.5. The van der Waals surface area contributed by atoms with Gasteiger partial charge in [-0.25, -0.2) is 4.98 Å². The van der Waals surface area contributed by atoms with Crippen molar-refractivity contribution in [2.75, 3.05) is 42.8 Å². The first-order valence-electron chi connectivity index (χ1n) is 7.61. The second-order valence-electron chi connectivity index (χ2n) is 5.28. The van der Waals surface area contributed by atoms with E-state index in [0.717, 1.165) is 18.8 Å². The molecule has 0 aliphatic carbocycles. The van der Waals surface area contributed by atoms with Crippen molar-refractivity contribution in [1.29, 1.82) is 0 Å². The van der Waals surface area contributed by atoms with Crippen molar-refractivity contribution in [3.63, 3.8) is 0 Å². The Labute approximate surface area is 150 Å². The van der Waals surface area contributed by atoms with Gasteiger partial charge in [0.25, 0.3) is 5.91 Å². The van der Waals surface area contributed by atoms with Crippen LogP contribution in [-0.4, -0.2) is 43.5 Å². The van der Waals surface area contributed by atoms with E-state index >= 15 is 0 Å². The maximum Gasteiger partial charge on any atom is 0.258 e. The van der Waals surface area contributed by atoms with E-state index < -0.39 is 0 Å². The summed E-state index contributed by atoms with van der Waals surface area (Å²) in [4.78, 5) is 19.1. The number of carbonyl (C=O) groups excluding carboxylic acids is 1. The lowest BCUT2D eigenvalue weighted by molar-refractivity contribution is 0.102. The molecule has 5 nitrogen and oxygen atoms in total. The van der Waals surface area contributed by atoms with Crippen molar-refractivity contribution in [2.45, 2.75) is 5.03 Å². The van der Waals surface area contributed by atoms with Crippen LogP contribution in [0.1, 0.15) is 10.4 Å². The zero-order chi connectivity index (χ0) is 16.9. The van der Waals surface area contributed by atoms with Gasteiger partial charge in [0.2, 0.25) is 0 Å². The minimum absolute atomic E-state index is 0.191. The number of nitrogens with zero attached hydrogens (tertiary/aromatic N) is 2. The van der Waals surface area contributed by atoms with E-state index in [-0.39, 0.29) is 5.91 Å². The first-order valence-corrected chi connectivity index (χ1v) is 9.22. The number of benzene rings is 1. The minimum Gasteiger partial charge on any atom is -0.378 e. The Morgan fingerprint density at radius 1 is 1.33 bits per heavy atom. The Hall–Kier alpha value is -1.76. The summed E-state index contributed by atoms with van der Waals surface area (Å²) in [6.07, 6.45) is 3.58. The molecule has 3 rings (SSSR count). The number of anilines is 2. The summed E-state index contributed by atoms with van der Waals surface area (Å²) in [5.41, 5.74) is 2.20. The number of thioether (sulfide) groups is 1. The molecule has 2 aromatic rings. The van der Waals surface area contributed by atoms with Crippen LogP contribution in [-0.2, 0) is 4.74 Å². The van der Waals surface area contributed by atoms with Crippen molar-refractivity contribution in [2.24, 2.45) is 0 Å². The van der Waals surface area contributed by atoms with Gasteiger partial charge in [-0.05, 0) is 36.6 Å². The number of amides is 1. The third-order valence-electron chi connectivity index (χ3n) is 3.77. The van der Waals surface area contributed by atoms with Crippen molar-refractivity contribution >= 4 is 40.6 Å². The Kier molecular flexibility index (Phi) is 5.60. The van der Waals surface area contributed by atoms with Gasteiger partial charge in [-0.2, -0.15) is 0 Å². The predicted octanol–water partition coefficient (Wildman–Crippen LogP) is 3.55. The van der Waals surface area contributed by atoms with Gasteiger partial charge in [0, 0.05) is 24.3 Å². The molecular formula is C17H18ClN3O2S. The quantitative estimate of drug-likeness (QED) is 0.842. The molecule has 1 aliphatic heterocycles. The summed E-state index contributed by atoms with van der Waals surface area (Å²) >= 11 is 7.58. The summed E-state index contributed by atoms with van der Waals surface area (Å²) in [6, 6.07) is 9.07. The Morgan fingerprint density at radius 2 is 2.12 bits per heavy atom. The lowest BCUT2D eigenvalue weighted by Crippen LogP contribution is -2.36. The van der Waals surface area contributed by atoms with Crippen LogP contribution in [0.15, 0.2) is 41.6 Å². The molecule has 0 saturated carbocycles. The Balaban J connectivity index is 1.88. The smallest absolute Gasteiger partial charge is 0.258 e. The summed E-state index contributed by atoms with van der Waals surface area (Å²) in [5.74, 6) is -0.191. The van der Waals surface area contributed by atoms with E-state index in [2.05, 4.69) is 15.2 Å². The molecule has 1 amide bonds. The third kappa shape index (κ3) is 3.83. The van der Waals surface area contributed by atoms with Gasteiger partial charge in [0.15, 0.2) is 0 Å². The van der Waals surface area contributed by atoms with Gasteiger partial charge in [-0.3, -0.25) is 4.79 Å². The Bertz CT molecular complexity index is 736. The summed E-state index contributed by atoms with van der Waals surface area (Å²) in [7, 11) is 0. The van der Waals surface area contributed by atoms with Crippen molar-refractivity contribution in [3.8, 4) is 0 Å². The number of pyridine rings is 1. The van der Waals surface area contributed by atoms with Crippen LogP contribution in [0.5, 0.6) is 0 Å². The summed E-state index contributed by atoms with van der Waals surface area (Å²) in [5, 5.41) is 4.26. The number of halogens is 1. The number of carbonyl (C=O) groups is 1. The van der Waals surface area contributed by atoms with Crippen LogP contribution in [0.4, 0.5) is 11.4 Å². The first-order chi connectivity index (χ1) is 11.7. The second kappa shape index (κ2) is 7.88. The van der Waals surface area contributed by atoms with E-state index in [1.165, 1.54) is 11.8 Å². The van der Waals surface area contributed by atoms with Crippen LogP contribution in [0.25, 0.3) is 0 Å². The highest BCUT2D eigenvalue weighted by Gasteiger charge is 2.18. The van der Waals surface area contributed by atoms with Crippen LogP contribution < -0.4 is 10.2 Å². The zero-order valence-electron chi connectivity index (χ0n) is 13.3. The number of morpholine rings is 1. The SMILES string of the molecule is CSc1ncccc1C(=O)Nc1cc(Cl)ccc1N1CCOCC1. The lowest BCUT2D eigenvalue weighted by atomic mass is 10.2. The number of hydrogen-bond donors (Lipinski definition) is 1. The first kappa shape index (κ1) is 17.1. The average molecular weight is 364 g/mol. The molecule has 0 radical (unpaired) electrons. The molecule has 126 valence electrons. The fourth-order valence-corrected chi connectivity index (χ4v) is 3.32. The van der Waals surface area contributed by atoms with Crippen LogP contribution in [0.3, 0.4) is 0 Å². The molecular weight excluding hydrogens is 346 g/mol. The largest absolute Gasteiger partial charge is 0.378 e. The Morgan fingerprint density at radius 3 is 2.88 bits per heavy atom. The van der Waals surface area contributed by atoms with Crippen molar-refractivity contribution in [1.82, 2.24) is 4.98 Å². The molecule has 1 aromatic heterocycles. The highest BCUT2D eigenvalue weighted by Crippen LogP contribution is 2.30. The molecule has 1 aromatic carbocycles. The van der Waals surface area contributed by atoms with Crippen molar-refractivity contribution < 1.29 is 9.53 Å². The molecule has 0 bridgehead atoms. The van der Waals surface area contributed by atoms with Crippen LogP contribution in [0.2, 0.25) is 5.02 Å². The highest BCUT2D eigenvalue weighted by molar-refractivity contribution is 7.98. The monoisotopic (exact) mass is 363 g/mol. The van der Waals surface area contributed by atoms with Gasteiger partial charge < -0.3 is 15.0 Å². The fourth-order valence-electron chi connectivity index (χ4n) is 2.60. The van der Waals surface area contributed by atoms with E-state index in [9.17, 15) is 4.79 Å². The van der Waals surface area contributed by atoms with Gasteiger partial charge in [0.1, 0.15) is 5.03 Å². The number of nitrogens with one attached hydrogen (secondary N) is 1. The van der Waals surface area contributed by atoms with E-state index in [0.29, 0.717) is 34.5 Å². The molecule has 1 fully saturated rings. The van der Waals surface area contributed by atoms with Crippen LogP contribution in [0, 0.1) is 0 Å². The summed E-state index contributed by atoms with van der Waals surface area (Å²) in [6.45, 7) is 2.92. The summed E-state index contributed by atoms with van der Waals surface area (Å²) < 4.78 is 5.40. The maximum atomic E-state index is 12.7.